The normalized spacial score (nSPS) is 16.0. The van der Waals surface area contributed by atoms with E-state index in [2.05, 4.69) is 5.32 Å². The van der Waals surface area contributed by atoms with Crippen LogP contribution in [0, 0.1) is 0 Å². The lowest BCUT2D eigenvalue weighted by Crippen LogP contribution is -2.15. The number of para-hydroxylation sites is 1. The molecule has 0 radical (unpaired) electrons. The number of anilines is 1. The highest BCUT2D eigenvalue weighted by Gasteiger charge is 2.30. The van der Waals surface area contributed by atoms with Crippen molar-refractivity contribution < 1.29 is 14.3 Å². The van der Waals surface area contributed by atoms with E-state index in [1.807, 2.05) is 24.3 Å². The molecule has 0 amide bonds. The Balaban J connectivity index is 1.97. The van der Waals surface area contributed by atoms with Crippen LogP contribution in [-0.4, -0.2) is 26.5 Å². The fraction of sp³-hybridized carbons (Fsp3) is 0.235. The Morgan fingerprint density at radius 1 is 1.14 bits per heavy atom. The smallest absolute Gasteiger partial charge is 0.175 e. The minimum atomic E-state index is -0.177. The lowest BCUT2D eigenvalue weighted by Gasteiger charge is -2.13. The zero-order chi connectivity index (χ0) is 14.8. The highest BCUT2D eigenvalue weighted by Crippen LogP contribution is 2.36. The SMILES string of the molecule is COc1ccc(C(=O)C2CNc3ccccc32)c(OC)c1. The van der Waals surface area contributed by atoms with E-state index >= 15 is 0 Å². The van der Waals surface area contributed by atoms with Gasteiger partial charge in [-0.3, -0.25) is 4.79 Å². The minimum Gasteiger partial charge on any atom is -0.497 e. The van der Waals surface area contributed by atoms with Crippen LogP contribution < -0.4 is 14.8 Å². The van der Waals surface area contributed by atoms with Crippen molar-refractivity contribution >= 4 is 11.5 Å². The van der Waals surface area contributed by atoms with Crippen LogP contribution in [0.4, 0.5) is 5.69 Å². The third kappa shape index (κ3) is 2.33. The molecule has 0 saturated carbocycles. The second-order valence-corrected chi connectivity index (χ2v) is 4.95. The van der Waals surface area contributed by atoms with Crippen LogP contribution >= 0.6 is 0 Å². The van der Waals surface area contributed by atoms with Gasteiger partial charge in [0.1, 0.15) is 11.5 Å². The van der Waals surface area contributed by atoms with Crippen molar-refractivity contribution in [3.05, 3.63) is 53.6 Å². The van der Waals surface area contributed by atoms with Crippen molar-refractivity contribution in [3.8, 4) is 11.5 Å². The van der Waals surface area contributed by atoms with Gasteiger partial charge in [0.05, 0.1) is 25.7 Å². The summed E-state index contributed by atoms with van der Waals surface area (Å²) in [6, 6.07) is 13.2. The van der Waals surface area contributed by atoms with E-state index in [0.29, 0.717) is 23.6 Å². The van der Waals surface area contributed by atoms with Gasteiger partial charge in [-0.05, 0) is 23.8 Å². The number of fused-ring (bicyclic) bond motifs is 1. The van der Waals surface area contributed by atoms with Crippen molar-refractivity contribution in [1.29, 1.82) is 0 Å². The first-order valence-corrected chi connectivity index (χ1v) is 6.83. The first-order chi connectivity index (χ1) is 10.2. The number of carbonyl (C=O) groups excluding carboxylic acids is 1. The molecule has 2 aromatic carbocycles. The van der Waals surface area contributed by atoms with Gasteiger partial charge in [0.2, 0.25) is 0 Å². The average Bonchev–Trinajstić information content (AvgIpc) is 2.97. The Bertz CT molecular complexity index is 681. The molecule has 1 atom stereocenters. The third-order valence-electron chi connectivity index (χ3n) is 3.82. The molecule has 4 heteroatoms. The molecular weight excluding hydrogens is 266 g/mol. The van der Waals surface area contributed by atoms with E-state index in [9.17, 15) is 4.79 Å². The summed E-state index contributed by atoms with van der Waals surface area (Å²) in [6.07, 6.45) is 0. The van der Waals surface area contributed by atoms with Crippen molar-refractivity contribution in [2.75, 3.05) is 26.1 Å². The number of hydrogen-bond acceptors (Lipinski definition) is 4. The Morgan fingerprint density at radius 2 is 1.95 bits per heavy atom. The molecule has 0 fully saturated rings. The van der Waals surface area contributed by atoms with E-state index in [-0.39, 0.29) is 11.7 Å². The summed E-state index contributed by atoms with van der Waals surface area (Å²) in [5.74, 6) is 1.10. The summed E-state index contributed by atoms with van der Waals surface area (Å²) >= 11 is 0. The molecule has 0 saturated heterocycles. The van der Waals surface area contributed by atoms with E-state index in [1.54, 1.807) is 32.4 Å². The Hall–Kier alpha value is -2.49. The van der Waals surface area contributed by atoms with E-state index < -0.39 is 0 Å². The molecule has 1 aliphatic rings. The lowest BCUT2D eigenvalue weighted by atomic mass is 9.92. The molecule has 2 aromatic rings. The van der Waals surface area contributed by atoms with Crippen molar-refractivity contribution in [2.45, 2.75) is 5.92 Å². The zero-order valence-electron chi connectivity index (χ0n) is 12.1. The number of ether oxygens (including phenoxy) is 2. The molecule has 0 spiro atoms. The molecule has 3 rings (SSSR count). The predicted molar refractivity (Wildman–Crippen MR) is 81.5 cm³/mol. The van der Waals surface area contributed by atoms with Gasteiger partial charge in [-0.1, -0.05) is 18.2 Å². The second kappa shape index (κ2) is 5.48. The highest BCUT2D eigenvalue weighted by molar-refractivity contribution is 6.05. The first kappa shape index (κ1) is 13.5. The largest absolute Gasteiger partial charge is 0.497 e. The fourth-order valence-corrected chi connectivity index (χ4v) is 2.71. The summed E-state index contributed by atoms with van der Waals surface area (Å²) in [5.41, 5.74) is 2.66. The van der Waals surface area contributed by atoms with Gasteiger partial charge in [0.25, 0.3) is 0 Å². The number of nitrogens with one attached hydrogen (secondary N) is 1. The third-order valence-corrected chi connectivity index (χ3v) is 3.82. The van der Waals surface area contributed by atoms with Crippen LogP contribution in [0.3, 0.4) is 0 Å². The molecule has 0 aliphatic carbocycles. The van der Waals surface area contributed by atoms with Crippen LogP contribution in [0.1, 0.15) is 21.8 Å². The van der Waals surface area contributed by atoms with Crippen LogP contribution in [0.2, 0.25) is 0 Å². The molecule has 1 unspecified atom stereocenters. The summed E-state index contributed by atoms with van der Waals surface area (Å²) in [4.78, 5) is 12.8. The zero-order valence-corrected chi connectivity index (χ0v) is 12.1. The molecule has 1 heterocycles. The summed E-state index contributed by atoms with van der Waals surface area (Å²) in [6.45, 7) is 0.618. The number of methoxy groups -OCH3 is 2. The van der Waals surface area contributed by atoms with Crippen LogP contribution in [0.25, 0.3) is 0 Å². The predicted octanol–water partition coefficient (Wildman–Crippen LogP) is 3.10. The number of ketones is 1. The van der Waals surface area contributed by atoms with Gasteiger partial charge in [0, 0.05) is 18.3 Å². The standard InChI is InChI=1S/C17H17NO3/c1-20-11-7-8-13(16(9-11)21-2)17(19)14-10-18-15-6-4-3-5-12(14)15/h3-9,14,18H,10H2,1-2H3. The van der Waals surface area contributed by atoms with E-state index in [4.69, 9.17) is 9.47 Å². The number of Topliss-reactive ketones (excluding diaryl/α,β-unsaturated/α-hetero) is 1. The lowest BCUT2D eigenvalue weighted by molar-refractivity contribution is 0.0963. The van der Waals surface area contributed by atoms with Gasteiger partial charge in [-0.15, -0.1) is 0 Å². The molecule has 108 valence electrons. The van der Waals surface area contributed by atoms with E-state index in [1.165, 1.54) is 0 Å². The number of hydrogen-bond donors (Lipinski definition) is 1. The Kier molecular flexibility index (Phi) is 3.52. The molecule has 0 bridgehead atoms. The van der Waals surface area contributed by atoms with Gasteiger partial charge < -0.3 is 14.8 Å². The molecular formula is C17H17NO3. The van der Waals surface area contributed by atoms with Crippen molar-refractivity contribution in [3.63, 3.8) is 0 Å². The maximum Gasteiger partial charge on any atom is 0.175 e. The minimum absolute atomic E-state index is 0.0620. The van der Waals surface area contributed by atoms with Gasteiger partial charge in [-0.25, -0.2) is 0 Å². The fourth-order valence-electron chi connectivity index (χ4n) is 2.71. The van der Waals surface area contributed by atoms with Gasteiger partial charge in [-0.2, -0.15) is 0 Å². The van der Waals surface area contributed by atoms with E-state index in [0.717, 1.165) is 11.3 Å². The van der Waals surface area contributed by atoms with Gasteiger partial charge in [0.15, 0.2) is 5.78 Å². The maximum absolute atomic E-state index is 12.8. The summed E-state index contributed by atoms with van der Waals surface area (Å²) in [5, 5.41) is 3.27. The van der Waals surface area contributed by atoms with Crippen LogP contribution in [0.5, 0.6) is 11.5 Å². The molecule has 1 aliphatic heterocycles. The monoisotopic (exact) mass is 283 g/mol. The maximum atomic E-state index is 12.8. The first-order valence-electron chi connectivity index (χ1n) is 6.83. The quantitative estimate of drug-likeness (QED) is 0.876. The second-order valence-electron chi connectivity index (χ2n) is 4.95. The Morgan fingerprint density at radius 3 is 2.71 bits per heavy atom. The number of benzene rings is 2. The van der Waals surface area contributed by atoms with Crippen molar-refractivity contribution in [1.82, 2.24) is 0 Å². The van der Waals surface area contributed by atoms with Gasteiger partial charge >= 0.3 is 0 Å². The average molecular weight is 283 g/mol. The number of carbonyl (C=O) groups is 1. The molecule has 1 N–H and O–H groups in total. The van der Waals surface area contributed by atoms with Crippen molar-refractivity contribution in [2.24, 2.45) is 0 Å². The van der Waals surface area contributed by atoms with Crippen LogP contribution in [-0.2, 0) is 0 Å². The molecule has 21 heavy (non-hydrogen) atoms. The summed E-state index contributed by atoms with van der Waals surface area (Å²) in [7, 11) is 3.15. The highest BCUT2D eigenvalue weighted by atomic mass is 16.5. The Labute approximate surface area is 123 Å². The molecule has 4 nitrogen and oxygen atoms in total. The molecule has 0 aromatic heterocycles. The topological polar surface area (TPSA) is 47.6 Å². The van der Waals surface area contributed by atoms with Crippen LogP contribution in [0.15, 0.2) is 42.5 Å². The summed E-state index contributed by atoms with van der Waals surface area (Å²) < 4.78 is 10.5. The number of rotatable bonds is 4.